The van der Waals surface area contributed by atoms with E-state index in [-0.39, 0.29) is 10.7 Å². The summed E-state index contributed by atoms with van der Waals surface area (Å²) in [6, 6.07) is 9.61. The van der Waals surface area contributed by atoms with Crippen LogP contribution in [0.15, 0.2) is 47.6 Å². The first kappa shape index (κ1) is 20.0. The zero-order valence-corrected chi connectivity index (χ0v) is 17.4. The Morgan fingerprint density at radius 1 is 1.10 bits per heavy atom. The molecule has 0 aliphatic carbocycles. The Kier molecular flexibility index (Phi) is 5.42. The van der Waals surface area contributed by atoms with Gasteiger partial charge < -0.3 is 4.90 Å². The van der Waals surface area contributed by atoms with Crippen LogP contribution in [0.5, 0.6) is 0 Å². The van der Waals surface area contributed by atoms with Gasteiger partial charge in [0.15, 0.2) is 9.84 Å². The molecule has 0 amide bonds. The monoisotopic (exact) mass is 434 g/mol. The van der Waals surface area contributed by atoms with Gasteiger partial charge in [-0.3, -0.25) is 4.90 Å². The minimum atomic E-state index is -3.32. The summed E-state index contributed by atoms with van der Waals surface area (Å²) in [4.78, 5) is 13.2. The molecule has 1 fully saturated rings. The molecule has 3 aromatic rings. The number of halogens is 2. The zero-order chi connectivity index (χ0) is 20.6. The van der Waals surface area contributed by atoms with Crippen molar-refractivity contribution in [3.8, 4) is 0 Å². The number of aromatic nitrogens is 2. The summed E-state index contributed by atoms with van der Waals surface area (Å²) in [6.07, 6.45) is 2.67. The first-order valence-electron chi connectivity index (χ1n) is 9.18. The molecular weight excluding hydrogens is 415 g/mol. The number of piperazine rings is 1. The maximum absolute atomic E-state index is 14.1. The van der Waals surface area contributed by atoms with Gasteiger partial charge in [0.2, 0.25) is 0 Å². The zero-order valence-electron chi connectivity index (χ0n) is 15.8. The van der Waals surface area contributed by atoms with Gasteiger partial charge in [-0.25, -0.2) is 22.8 Å². The quantitative estimate of drug-likeness (QED) is 0.628. The molecule has 6 nitrogen and oxygen atoms in total. The highest BCUT2D eigenvalue weighted by Crippen LogP contribution is 2.27. The minimum Gasteiger partial charge on any atom is -0.353 e. The van der Waals surface area contributed by atoms with Crippen LogP contribution in [0.3, 0.4) is 0 Å². The third-order valence-corrected chi connectivity index (χ3v) is 6.59. The maximum Gasteiger partial charge on any atom is 0.175 e. The molecule has 0 bridgehead atoms. The highest BCUT2D eigenvalue weighted by Gasteiger charge is 2.22. The van der Waals surface area contributed by atoms with E-state index in [1.807, 2.05) is 0 Å². The van der Waals surface area contributed by atoms with Gasteiger partial charge in [-0.05, 0) is 30.3 Å². The van der Waals surface area contributed by atoms with E-state index in [0.717, 1.165) is 0 Å². The van der Waals surface area contributed by atoms with Crippen LogP contribution in [0.2, 0.25) is 5.02 Å². The molecule has 0 atom stereocenters. The van der Waals surface area contributed by atoms with Crippen molar-refractivity contribution in [1.82, 2.24) is 14.9 Å². The van der Waals surface area contributed by atoms with E-state index in [1.54, 1.807) is 30.3 Å². The Morgan fingerprint density at radius 2 is 1.86 bits per heavy atom. The average molecular weight is 435 g/mol. The van der Waals surface area contributed by atoms with Gasteiger partial charge in [-0.1, -0.05) is 17.7 Å². The Balaban J connectivity index is 1.55. The van der Waals surface area contributed by atoms with Crippen LogP contribution in [-0.2, 0) is 16.4 Å². The van der Waals surface area contributed by atoms with Gasteiger partial charge in [0.05, 0.1) is 10.4 Å². The van der Waals surface area contributed by atoms with Crippen LogP contribution in [0.4, 0.5) is 10.2 Å². The van der Waals surface area contributed by atoms with Gasteiger partial charge >= 0.3 is 0 Å². The molecular formula is C20H20ClFN4O2S. The van der Waals surface area contributed by atoms with Gasteiger partial charge in [-0.15, -0.1) is 0 Å². The molecule has 1 aromatic heterocycles. The molecule has 1 aliphatic rings. The van der Waals surface area contributed by atoms with E-state index in [0.29, 0.717) is 60.0 Å². The van der Waals surface area contributed by atoms with E-state index in [2.05, 4.69) is 19.8 Å². The molecule has 0 N–H and O–H groups in total. The molecule has 1 aliphatic heterocycles. The summed E-state index contributed by atoms with van der Waals surface area (Å²) < 4.78 is 37.9. The number of fused-ring (bicyclic) bond motifs is 1. The summed E-state index contributed by atoms with van der Waals surface area (Å²) in [7, 11) is -3.32. The molecule has 0 saturated carbocycles. The van der Waals surface area contributed by atoms with Crippen LogP contribution in [-0.4, -0.2) is 55.7 Å². The number of anilines is 1. The SMILES string of the molecule is CS(=O)(=O)c1ccc2ncnc(N3CCN(Cc4c(F)cccc4Cl)CC3)c2c1. The molecule has 0 spiro atoms. The molecule has 9 heteroatoms. The minimum absolute atomic E-state index is 0.244. The van der Waals surface area contributed by atoms with Gasteiger partial charge in [-0.2, -0.15) is 0 Å². The summed E-state index contributed by atoms with van der Waals surface area (Å²) in [6.45, 7) is 3.23. The Hall–Kier alpha value is -2.29. The number of hydrogen-bond acceptors (Lipinski definition) is 6. The fourth-order valence-corrected chi connectivity index (χ4v) is 4.40. The van der Waals surface area contributed by atoms with E-state index < -0.39 is 9.84 Å². The second-order valence-electron chi connectivity index (χ2n) is 7.11. The lowest BCUT2D eigenvalue weighted by Gasteiger charge is -2.36. The predicted octanol–water partition coefficient (Wildman–Crippen LogP) is 3.15. The molecule has 2 heterocycles. The van der Waals surface area contributed by atoms with Crippen LogP contribution >= 0.6 is 11.6 Å². The lowest BCUT2D eigenvalue weighted by atomic mass is 10.1. The standard InChI is InChI=1S/C20H20ClFN4O2S/c1-29(27,28)14-5-6-19-15(11-14)20(24-13-23-19)26-9-7-25(8-10-26)12-16-17(21)3-2-4-18(16)22/h2-6,11,13H,7-10,12H2,1H3. The maximum atomic E-state index is 14.1. The first-order chi connectivity index (χ1) is 13.8. The summed E-state index contributed by atoms with van der Waals surface area (Å²) in [5, 5.41) is 1.14. The number of rotatable bonds is 4. The fourth-order valence-electron chi connectivity index (χ4n) is 3.53. The smallest absolute Gasteiger partial charge is 0.175 e. The van der Waals surface area contributed by atoms with Crippen molar-refractivity contribution in [2.45, 2.75) is 11.4 Å². The topological polar surface area (TPSA) is 66.4 Å². The number of nitrogens with zero attached hydrogens (tertiary/aromatic N) is 4. The van der Waals surface area contributed by atoms with E-state index in [1.165, 1.54) is 18.6 Å². The number of hydrogen-bond donors (Lipinski definition) is 0. The lowest BCUT2D eigenvalue weighted by molar-refractivity contribution is 0.246. The normalized spacial score (nSPS) is 15.8. The lowest BCUT2D eigenvalue weighted by Crippen LogP contribution is -2.46. The Bertz CT molecular complexity index is 1140. The molecule has 0 radical (unpaired) electrons. The second-order valence-corrected chi connectivity index (χ2v) is 9.53. The molecule has 1 saturated heterocycles. The van der Waals surface area contributed by atoms with E-state index in [4.69, 9.17) is 11.6 Å². The second kappa shape index (κ2) is 7.85. The highest BCUT2D eigenvalue weighted by atomic mass is 35.5. The summed E-state index contributed by atoms with van der Waals surface area (Å²) >= 11 is 6.15. The molecule has 152 valence electrons. The van der Waals surface area contributed by atoms with Crippen LogP contribution < -0.4 is 4.90 Å². The van der Waals surface area contributed by atoms with Crippen molar-refractivity contribution < 1.29 is 12.8 Å². The molecule has 2 aromatic carbocycles. The van der Waals surface area contributed by atoms with Gasteiger partial charge in [0.25, 0.3) is 0 Å². The van der Waals surface area contributed by atoms with Crippen LogP contribution in [0.1, 0.15) is 5.56 Å². The van der Waals surface area contributed by atoms with Gasteiger partial charge in [0.1, 0.15) is 18.0 Å². The van der Waals surface area contributed by atoms with E-state index in [9.17, 15) is 12.8 Å². The first-order valence-corrected chi connectivity index (χ1v) is 11.4. The Labute approximate surface area is 173 Å². The van der Waals surface area contributed by atoms with Gasteiger partial charge in [0, 0.05) is 55.0 Å². The predicted molar refractivity (Wildman–Crippen MR) is 112 cm³/mol. The van der Waals surface area contributed by atoms with Crippen LogP contribution in [0.25, 0.3) is 10.9 Å². The largest absolute Gasteiger partial charge is 0.353 e. The fraction of sp³-hybridized carbons (Fsp3) is 0.300. The summed E-state index contributed by atoms with van der Waals surface area (Å²) in [5.74, 6) is 0.416. The number of sulfone groups is 1. The Morgan fingerprint density at radius 3 is 2.55 bits per heavy atom. The molecule has 4 rings (SSSR count). The third-order valence-electron chi connectivity index (χ3n) is 5.13. The van der Waals surface area contributed by atoms with Crippen molar-refractivity contribution in [1.29, 1.82) is 0 Å². The third kappa shape index (κ3) is 4.19. The molecule has 29 heavy (non-hydrogen) atoms. The number of benzene rings is 2. The van der Waals surface area contributed by atoms with Crippen molar-refractivity contribution >= 4 is 38.2 Å². The average Bonchev–Trinajstić information content (AvgIpc) is 2.70. The highest BCUT2D eigenvalue weighted by molar-refractivity contribution is 7.90. The van der Waals surface area contributed by atoms with Crippen LogP contribution in [0, 0.1) is 5.82 Å². The van der Waals surface area contributed by atoms with Crippen molar-refractivity contribution in [2.75, 3.05) is 37.3 Å². The summed E-state index contributed by atoms with van der Waals surface area (Å²) in [5.41, 5.74) is 1.20. The molecule has 0 unspecified atom stereocenters. The van der Waals surface area contributed by atoms with Crippen molar-refractivity contribution in [3.63, 3.8) is 0 Å². The van der Waals surface area contributed by atoms with Crippen molar-refractivity contribution in [3.05, 3.63) is 59.1 Å². The van der Waals surface area contributed by atoms with E-state index >= 15 is 0 Å². The van der Waals surface area contributed by atoms with Crippen molar-refractivity contribution in [2.24, 2.45) is 0 Å².